The highest BCUT2D eigenvalue weighted by molar-refractivity contribution is 6.16. The van der Waals surface area contributed by atoms with E-state index in [2.05, 4.69) is 29.5 Å². The highest BCUT2D eigenvalue weighted by Crippen LogP contribution is 2.11. The van der Waals surface area contributed by atoms with E-state index in [1.54, 1.807) is 13.2 Å². The van der Waals surface area contributed by atoms with E-state index in [1.165, 1.54) is 6.21 Å². The minimum atomic E-state index is 0.279. The van der Waals surface area contributed by atoms with E-state index < -0.39 is 0 Å². The molecule has 0 amide bonds. The molecule has 86 valence electrons. The Morgan fingerprint density at radius 1 is 1.33 bits per heavy atom. The lowest BCUT2D eigenvalue weighted by molar-refractivity contribution is 0.521. The molecule has 3 N–H and O–H groups in total. The zero-order chi connectivity index (χ0) is 11.8. The molecule has 4 nitrogen and oxygen atoms in total. The molecule has 0 bridgehead atoms. The molecule has 0 aromatic heterocycles. The van der Waals surface area contributed by atoms with E-state index in [4.69, 9.17) is 5.41 Å². The SMILES string of the molecule is C/N=C(/C(C=N)=C/NC)C(C)C(C)NC. The number of nitrogens with zero attached hydrogens (tertiary/aromatic N) is 1. The standard InChI is InChI=1S/C11H22N4/c1-8(9(2)14-4)11(15-5)10(6-12)7-13-3/h6-9,12-14H,1-5H3/b10-7+,12-6?,15-11+. The van der Waals surface area contributed by atoms with E-state index in [9.17, 15) is 0 Å². The van der Waals surface area contributed by atoms with Gasteiger partial charge in [-0.05, 0) is 14.0 Å². The molecule has 0 aromatic carbocycles. The summed E-state index contributed by atoms with van der Waals surface area (Å²) in [5.41, 5.74) is 1.77. The smallest absolute Gasteiger partial charge is 0.0490 e. The van der Waals surface area contributed by atoms with Crippen LogP contribution >= 0.6 is 0 Å². The van der Waals surface area contributed by atoms with Gasteiger partial charge in [-0.25, -0.2) is 0 Å². The number of nitrogens with one attached hydrogen (secondary N) is 3. The van der Waals surface area contributed by atoms with Crippen LogP contribution in [-0.2, 0) is 0 Å². The molecule has 0 aliphatic carbocycles. The zero-order valence-corrected chi connectivity index (χ0v) is 10.3. The van der Waals surface area contributed by atoms with Crippen molar-refractivity contribution in [3.63, 3.8) is 0 Å². The fourth-order valence-electron chi connectivity index (χ4n) is 1.43. The molecule has 0 aliphatic rings. The molecular weight excluding hydrogens is 188 g/mol. The molecule has 0 rings (SSSR count). The van der Waals surface area contributed by atoms with Crippen LogP contribution < -0.4 is 10.6 Å². The number of allylic oxidation sites excluding steroid dienone is 1. The van der Waals surface area contributed by atoms with Crippen molar-refractivity contribution >= 4 is 11.9 Å². The summed E-state index contributed by atoms with van der Waals surface area (Å²) < 4.78 is 0. The second kappa shape index (κ2) is 7.17. The van der Waals surface area contributed by atoms with Crippen LogP contribution in [-0.4, -0.2) is 39.1 Å². The summed E-state index contributed by atoms with van der Waals surface area (Å²) in [5.74, 6) is 0.279. The van der Waals surface area contributed by atoms with Crippen molar-refractivity contribution in [2.45, 2.75) is 19.9 Å². The summed E-state index contributed by atoms with van der Waals surface area (Å²) in [5, 5.41) is 13.5. The van der Waals surface area contributed by atoms with Crippen LogP contribution in [0.1, 0.15) is 13.8 Å². The maximum absolute atomic E-state index is 7.35. The van der Waals surface area contributed by atoms with Gasteiger partial charge in [-0.3, -0.25) is 4.99 Å². The Bertz CT molecular complexity index is 255. The molecule has 4 heteroatoms. The van der Waals surface area contributed by atoms with Crippen molar-refractivity contribution in [2.24, 2.45) is 10.9 Å². The molecule has 0 heterocycles. The molecule has 0 saturated heterocycles. The van der Waals surface area contributed by atoms with E-state index in [0.717, 1.165) is 11.3 Å². The average molecular weight is 210 g/mol. The first-order valence-corrected chi connectivity index (χ1v) is 5.14. The maximum atomic E-state index is 7.35. The highest BCUT2D eigenvalue weighted by atomic mass is 14.9. The minimum Gasteiger partial charge on any atom is -0.393 e. The molecule has 2 unspecified atom stereocenters. The molecule has 0 aromatic rings. The van der Waals surface area contributed by atoms with Gasteiger partial charge in [0.15, 0.2) is 0 Å². The van der Waals surface area contributed by atoms with Gasteiger partial charge in [0.05, 0.1) is 0 Å². The summed E-state index contributed by atoms with van der Waals surface area (Å²) >= 11 is 0. The molecule has 0 spiro atoms. The Morgan fingerprint density at radius 2 is 1.93 bits per heavy atom. The van der Waals surface area contributed by atoms with E-state index >= 15 is 0 Å². The summed E-state index contributed by atoms with van der Waals surface area (Å²) in [4.78, 5) is 4.26. The largest absolute Gasteiger partial charge is 0.393 e. The van der Waals surface area contributed by atoms with Crippen LogP contribution in [0.2, 0.25) is 0 Å². The fraction of sp³-hybridized carbons (Fsp3) is 0.636. The predicted molar refractivity (Wildman–Crippen MR) is 67.0 cm³/mol. The van der Waals surface area contributed by atoms with Crippen LogP contribution in [0.15, 0.2) is 16.8 Å². The van der Waals surface area contributed by atoms with Gasteiger partial charge < -0.3 is 16.0 Å². The Labute approximate surface area is 92.4 Å². The average Bonchev–Trinajstić information content (AvgIpc) is 2.27. The quantitative estimate of drug-likeness (QED) is 0.574. The molecule has 2 atom stereocenters. The van der Waals surface area contributed by atoms with Gasteiger partial charge in [-0.2, -0.15) is 0 Å². The van der Waals surface area contributed by atoms with Gasteiger partial charge >= 0.3 is 0 Å². The first kappa shape index (κ1) is 13.8. The summed E-state index contributed by atoms with van der Waals surface area (Å²) in [6, 6.07) is 0.337. The lowest BCUT2D eigenvalue weighted by atomic mass is 9.93. The fourth-order valence-corrected chi connectivity index (χ4v) is 1.43. The molecule has 0 fully saturated rings. The Kier molecular flexibility index (Phi) is 6.62. The first-order chi connectivity index (χ1) is 7.12. The Morgan fingerprint density at radius 3 is 2.27 bits per heavy atom. The van der Waals surface area contributed by atoms with Gasteiger partial charge in [0.2, 0.25) is 0 Å². The van der Waals surface area contributed by atoms with E-state index in [-0.39, 0.29) is 5.92 Å². The van der Waals surface area contributed by atoms with Crippen molar-refractivity contribution in [2.75, 3.05) is 21.1 Å². The van der Waals surface area contributed by atoms with Crippen molar-refractivity contribution in [3.05, 3.63) is 11.8 Å². The number of hydrogen-bond donors (Lipinski definition) is 3. The zero-order valence-electron chi connectivity index (χ0n) is 10.3. The maximum Gasteiger partial charge on any atom is 0.0490 e. The molecule has 0 radical (unpaired) electrons. The third-order valence-corrected chi connectivity index (χ3v) is 2.63. The van der Waals surface area contributed by atoms with Crippen molar-refractivity contribution in [1.29, 1.82) is 5.41 Å². The van der Waals surface area contributed by atoms with Crippen molar-refractivity contribution in [1.82, 2.24) is 10.6 Å². The second-order valence-electron chi connectivity index (χ2n) is 3.51. The lowest BCUT2D eigenvalue weighted by Gasteiger charge is -2.21. The molecule has 15 heavy (non-hydrogen) atoms. The third-order valence-electron chi connectivity index (χ3n) is 2.63. The van der Waals surface area contributed by atoms with Gasteiger partial charge in [0, 0.05) is 49.8 Å². The highest BCUT2D eigenvalue weighted by Gasteiger charge is 2.18. The minimum absolute atomic E-state index is 0.279. The molecular formula is C11H22N4. The van der Waals surface area contributed by atoms with Gasteiger partial charge in [-0.15, -0.1) is 0 Å². The lowest BCUT2D eigenvalue weighted by Crippen LogP contribution is -2.35. The predicted octanol–water partition coefficient (Wildman–Crippen LogP) is 1.05. The van der Waals surface area contributed by atoms with Crippen LogP contribution in [0.5, 0.6) is 0 Å². The normalized spacial score (nSPS) is 17.1. The second-order valence-corrected chi connectivity index (χ2v) is 3.51. The number of rotatable bonds is 6. The van der Waals surface area contributed by atoms with Gasteiger partial charge in [-0.1, -0.05) is 6.92 Å². The van der Waals surface area contributed by atoms with Crippen LogP contribution in [0.25, 0.3) is 0 Å². The molecule has 0 saturated carbocycles. The topological polar surface area (TPSA) is 60.3 Å². The third kappa shape index (κ3) is 3.83. The number of hydrogen-bond acceptors (Lipinski definition) is 4. The Hall–Kier alpha value is -1.16. The Balaban J connectivity index is 4.91. The van der Waals surface area contributed by atoms with Gasteiger partial charge in [0.25, 0.3) is 0 Å². The van der Waals surface area contributed by atoms with Gasteiger partial charge in [0.1, 0.15) is 0 Å². The monoisotopic (exact) mass is 210 g/mol. The van der Waals surface area contributed by atoms with Crippen LogP contribution in [0, 0.1) is 11.3 Å². The summed E-state index contributed by atoms with van der Waals surface area (Å²) in [6.07, 6.45) is 3.13. The van der Waals surface area contributed by atoms with E-state index in [0.29, 0.717) is 6.04 Å². The summed E-state index contributed by atoms with van der Waals surface area (Å²) in [6.45, 7) is 4.22. The van der Waals surface area contributed by atoms with E-state index in [1.807, 2.05) is 14.1 Å². The summed E-state index contributed by atoms with van der Waals surface area (Å²) in [7, 11) is 5.52. The molecule has 0 aliphatic heterocycles. The first-order valence-electron chi connectivity index (χ1n) is 5.14. The van der Waals surface area contributed by atoms with Crippen molar-refractivity contribution in [3.8, 4) is 0 Å². The van der Waals surface area contributed by atoms with Crippen molar-refractivity contribution < 1.29 is 0 Å². The number of aliphatic imine (C=N–C) groups is 1. The van der Waals surface area contributed by atoms with Crippen LogP contribution in [0.4, 0.5) is 0 Å². The van der Waals surface area contributed by atoms with Crippen LogP contribution in [0.3, 0.4) is 0 Å².